The Hall–Kier alpha value is -0.650. The molecule has 5 heteroatoms. The predicted octanol–water partition coefficient (Wildman–Crippen LogP) is -0.174. The van der Waals surface area contributed by atoms with Gasteiger partial charge in [-0.05, 0) is 5.92 Å². The zero-order valence-corrected chi connectivity index (χ0v) is 10.6. The van der Waals surface area contributed by atoms with Crippen molar-refractivity contribution in [3.05, 3.63) is 0 Å². The van der Waals surface area contributed by atoms with Gasteiger partial charge < -0.3 is 20.5 Å². The Morgan fingerprint density at radius 2 is 2.06 bits per heavy atom. The van der Waals surface area contributed by atoms with Gasteiger partial charge in [0.2, 0.25) is 5.91 Å². The Bertz CT molecular complexity index is 209. The van der Waals surface area contributed by atoms with Crippen LogP contribution in [0.5, 0.6) is 0 Å². The molecule has 1 amide bonds. The van der Waals surface area contributed by atoms with Gasteiger partial charge in [0.15, 0.2) is 0 Å². The zero-order chi connectivity index (χ0) is 12.7. The average Bonchev–Trinajstić information content (AvgIpc) is 2.17. The van der Waals surface area contributed by atoms with Crippen LogP contribution in [0.4, 0.5) is 0 Å². The van der Waals surface area contributed by atoms with Crippen molar-refractivity contribution in [2.45, 2.75) is 32.4 Å². The zero-order valence-electron chi connectivity index (χ0n) is 10.6. The smallest absolute Gasteiger partial charge is 0.223 e. The molecule has 0 aliphatic heterocycles. The lowest BCUT2D eigenvalue weighted by Crippen LogP contribution is -2.40. The first-order chi connectivity index (χ1) is 7.38. The molecule has 2 unspecified atom stereocenters. The van der Waals surface area contributed by atoms with Crippen LogP contribution in [0, 0.1) is 5.92 Å². The number of hydrogen-bond acceptors (Lipinski definition) is 4. The Kier molecular flexibility index (Phi) is 7.29. The number of aliphatic hydroxyl groups is 1. The molecule has 0 aliphatic rings. The highest BCUT2D eigenvalue weighted by molar-refractivity contribution is 5.76. The van der Waals surface area contributed by atoms with Crippen LogP contribution in [-0.4, -0.2) is 55.4 Å². The molecular weight excluding hydrogens is 208 g/mol. The highest BCUT2D eigenvalue weighted by Crippen LogP contribution is 2.05. The highest BCUT2D eigenvalue weighted by Gasteiger charge is 2.18. The van der Waals surface area contributed by atoms with Gasteiger partial charge in [-0.25, -0.2) is 0 Å². The summed E-state index contributed by atoms with van der Waals surface area (Å²) in [7, 11) is 3.17. The van der Waals surface area contributed by atoms with E-state index in [0.29, 0.717) is 6.42 Å². The van der Waals surface area contributed by atoms with E-state index in [0.717, 1.165) is 0 Å². The summed E-state index contributed by atoms with van der Waals surface area (Å²) < 4.78 is 4.79. The monoisotopic (exact) mass is 232 g/mol. The number of rotatable bonds is 7. The number of aliphatic hydroxyl groups excluding tert-OH is 1. The standard InChI is InChI=1S/C11H24N2O3/c1-8(2)10(12)5-11(15)13(3)6-9(14)7-16-4/h8-10,14H,5-7,12H2,1-4H3. The summed E-state index contributed by atoms with van der Waals surface area (Å²) in [6.45, 7) is 4.47. The molecule has 0 saturated carbocycles. The van der Waals surface area contributed by atoms with E-state index < -0.39 is 6.10 Å². The summed E-state index contributed by atoms with van der Waals surface area (Å²) in [5, 5.41) is 9.46. The van der Waals surface area contributed by atoms with E-state index >= 15 is 0 Å². The van der Waals surface area contributed by atoms with Crippen molar-refractivity contribution in [1.82, 2.24) is 4.90 Å². The first-order valence-corrected chi connectivity index (χ1v) is 5.55. The molecule has 0 spiro atoms. The fourth-order valence-corrected chi connectivity index (χ4v) is 1.26. The number of likely N-dealkylation sites (N-methyl/N-ethyl adjacent to an activating group) is 1. The van der Waals surface area contributed by atoms with Crippen molar-refractivity contribution in [2.75, 3.05) is 27.3 Å². The number of carbonyl (C=O) groups is 1. The van der Waals surface area contributed by atoms with Crippen LogP contribution in [0.2, 0.25) is 0 Å². The number of ether oxygens (including phenoxy) is 1. The van der Waals surface area contributed by atoms with Crippen LogP contribution >= 0.6 is 0 Å². The third kappa shape index (κ3) is 6.05. The molecule has 0 rings (SSSR count). The normalized spacial score (nSPS) is 14.9. The average molecular weight is 232 g/mol. The van der Waals surface area contributed by atoms with Gasteiger partial charge in [-0.2, -0.15) is 0 Å². The van der Waals surface area contributed by atoms with Crippen LogP contribution in [0.3, 0.4) is 0 Å². The second-order valence-electron chi connectivity index (χ2n) is 4.50. The molecule has 96 valence electrons. The molecule has 5 nitrogen and oxygen atoms in total. The SMILES string of the molecule is COCC(O)CN(C)C(=O)CC(N)C(C)C. The van der Waals surface area contributed by atoms with Crippen molar-refractivity contribution in [2.24, 2.45) is 11.7 Å². The van der Waals surface area contributed by atoms with E-state index in [-0.39, 0.29) is 31.0 Å². The second-order valence-corrected chi connectivity index (χ2v) is 4.50. The molecule has 0 heterocycles. The third-order valence-corrected chi connectivity index (χ3v) is 2.54. The fraction of sp³-hybridized carbons (Fsp3) is 0.909. The van der Waals surface area contributed by atoms with Crippen molar-refractivity contribution < 1.29 is 14.6 Å². The Balaban J connectivity index is 3.99. The Morgan fingerprint density at radius 1 is 1.50 bits per heavy atom. The van der Waals surface area contributed by atoms with Gasteiger partial charge in [0.25, 0.3) is 0 Å². The lowest BCUT2D eigenvalue weighted by Gasteiger charge is -2.23. The van der Waals surface area contributed by atoms with Crippen LogP contribution < -0.4 is 5.73 Å². The highest BCUT2D eigenvalue weighted by atomic mass is 16.5. The van der Waals surface area contributed by atoms with Crippen molar-refractivity contribution in [3.63, 3.8) is 0 Å². The van der Waals surface area contributed by atoms with Gasteiger partial charge >= 0.3 is 0 Å². The Labute approximate surface area is 97.6 Å². The molecule has 0 radical (unpaired) electrons. The van der Waals surface area contributed by atoms with Crippen LogP contribution in [0.1, 0.15) is 20.3 Å². The molecule has 0 aromatic carbocycles. The minimum Gasteiger partial charge on any atom is -0.389 e. The van der Waals surface area contributed by atoms with E-state index in [4.69, 9.17) is 10.5 Å². The summed E-state index contributed by atoms with van der Waals surface area (Å²) in [6.07, 6.45) is -0.331. The van der Waals surface area contributed by atoms with E-state index in [9.17, 15) is 9.90 Å². The number of amides is 1. The van der Waals surface area contributed by atoms with Crippen LogP contribution in [0.25, 0.3) is 0 Å². The summed E-state index contributed by atoms with van der Waals surface area (Å²) in [4.78, 5) is 13.2. The molecule has 16 heavy (non-hydrogen) atoms. The largest absolute Gasteiger partial charge is 0.389 e. The molecular formula is C11H24N2O3. The van der Waals surface area contributed by atoms with E-state index in [1.807, 2.05) is 13.8 Å². The van der Waals surface area contributed by atoms with Crippen molar-refractivity contribution >= 4 is 5.91 Å². The molecule has 0 aliphatic carbocycles. The number of nitrogens with two attached hydrogens (primary N) is 1. The van der Waals surface area contributed by atoms with Crippen LogP contribution in [0.15, 0.2) is 0 Å². The third-order valence-electron chi connectivity index (χ3n) is 2.54. The van der Waals surface area contributed by atoms with Gasteiger partial charge in [-0.15, -0.1) is 0 Å². The first-order valence-electron chi connectivity index (χ1n) is 5.55. The minimum atomic E-state index is -0.644. The summed E-state index contributed by atoms with van der Waals surface area (Å²) >= 11 is 0. The maximum atomic E-state index is 11.7. The van der Waals surface area contributed by atoms with Crippen LogP contribution in [-0.2, 0) is 9.53 Å². The number of carbonyl (C=O) groups excluding carboxylic acids is 1. The van der Waals surface area contributed by atoms with E-state index in [1.54, 1.807) is 7.05 Å². The van der Waals surface area contributed by atoms with Gasteiger partial charge in [0.05, 0.1) is 12.7 Å². The van der Waals surface area contributed by atoms with Crippen molar-refractivity contribution in [3.8, 4) is 0 Å². The van der Waals surface area contributed by atoms with Crippen molar-refractivity contribution in [1.29, 1.82) is 0 Å². The molecule has 2 atom stereocenters. The fourth-order valence-electron chi connectivity index (χ4n) is 1.26. The Morgan fingerprint density at radius 3 is 2.50 bits per heavy atom. The molecule has 3 N–H and O–H groups in total. The second kappa shape index (κ2) is 7.60. The molecule has 0 aromatic heterocycles. The lowest BCUT2D eigenvalue weighted by atomic mass is 10.0. The number of nitrogens with zero attached hydrogens (tertiary/aromatic N) is 1. The minimum absolute atomic E-state index is 0.0450. The number of hydrogen-bond donors (Lipinski definition) is 2. The summed E-state index contributed by atoms with van der Waals surface area (Å²) in [5.41, 5.74) is 5.81. The summed E-state index contributed by atoms with van der Waals surface area (Å²) in [5.74, 6) is 0.234. The molecule has 0 fully saturated rings. The van der Waals surface area contributed by atoms with Gasteiger partial charge in [-0.1, -0.05) is 13.8 Å². The van der Waals surface area contributed by atoms with Gasteiger partial charge in [-0.3, -0.25) is 4.79 Å². The number of methoxy groups -OCH3 is 1. The molecule has 0 saturated heterocycles. The molecule has 0 aromatic rings. The van der Waals surface area contributed by atoms with Gasteiger partial charge in [0, 0.05) is 33.2 Å². The topological polar surface area (TPSA) is 75.8 Å². The quantitative estimate of drug-likeness (QED) is 0.639. The molecule has 0 bridgehead atoms. The predicted molar refractivity (Wildman–Crippen MR) is 63.0 cm³/mol. The lowest BCUT2D eigenvalue weighted by molar-refractivity contribution is -0.132. The van der Waals surface area contributed by atoms with Gasteiger partial charge in [0.1, 0.15) is 0 Å². The van der Waals surface area contributed by atoms with E-state index in [2.05, 4.69) is 0 Å². The van der Waals surface area contributed by atoms with E-state index in [1.165, 1.54) is 12.0 Å². The maximum absolute atomic E-state index is 11.7. The maximum Gasteiger partial charge on any atom is 0.223 e. The first kappa shape index (κ1) is 15.3. The summed E-state index contributed by atoms with van der Waals surface area (Å²) in [6, 6.07) is -0.130.